The minimum Gasteiger partial charge on any atom is -0.496 e. The van der Waals surface area contributed by atoms with Crippen LogP contribution in [0.15, 0.2) is 48.5 Å². The Morgan fingerprint density at radius 1 is 1.18 bits per heavy atom. The normalized spacial score (nSPS) is 16.0. The number of carboxylic acids is 1. The number of ether oxygens (including phenoxy) is 2. The second-order valence-corrected chi connectivity index (χ2v) is 6.90. The van der Waals surface area contributed by atoms with Gasteiger partial charge in [0.15, 0.2) is 0 Å². The zero-order valence-electron chi connectivity index (χ0n) is 16.0. The van der Waals surface area contributed by atoms with Crippen LogP contribution in [0.4, 0.5) is 0 Å². The van der Waals surface area contributed by atoms with Crippen LogP contribution in [0.1, 0.15) is 34.3 Å². The summed E-state index contributed by atoms with van der Waals surface area (Å²) in [5, 5.41) is 9.02. The molecule has 28 heavy (non-hydrogen) atoms. The van der Waals surface area contributed by atoms with E-state index in [2.05, 4.69) is 0 Å². The molecule has 3 rings (SSSR count). The topological polar surface area (TPSA) is 76.1 Å². The molecule has 1 fully saturated rings. The van der Waals surface area contributed by atoms with E-state index in [-0.39, 0.29) is 24.0 Å². The van der Waals surface area contributed by atoms with Gasteiger partial charge >= 0.3 is 5.97 Å². The van der Waals surface area contributed by atoms with Crippen LogP contribution in [0, 0.1) is 0 Å². The lowest BCUT2D eigenvalue weighted by atomic mass is 10.1. The lowest BCUT2D eigenvalue weighted by molar-refractivity contribution is -0.132. The Morgan fingerprint density at radius 3 is 2.57 bits per heavy atom. The quantitative estimate of drug-likeness (QED) is 0.758. The molecule has 0 aromatic heterocycles. The molecule has 0 aliphatic carbocycles. The van der Waals surface area contributed by atoms with Crippen molar-refractivity contribution in [3.63, 3.8) is 0 Å². The highest BCUT2D eigenvalue weighted by Crippen LogP contribution is 2.22. The molecule has 1 unspecified atom stereocenters. The van der Waals surface area contributed by atoms with Gasteiger partial charge < -0.3 is 19.5 Å². The number of amides is 1. The third-order valence-corrected chi connectivity index (χ3v) is 4.91. The predicted octanol–water partition coefficient (Wildman–Crippen LogP) is 3.14. The fourth-order valence-electron chi connectivity index (χ4n) is 3.38. The van der Waals surface area contributed by atoms with E-state index in [9.17, 15) is 9.59 Å². The Hall–Kier alpha value is -2.86. The summed E-state index contributed by atoms with van der Waals surface area (Å²) in [6.07, 6.45) is 2.22. The van der Waals surface area contributed by atoms with Crippen molar-refractivity contribution in [3.8, 4) is 5.75 Å². The molecule has 0 radical (unpaired) electrons. The van der Waals surface area contributed by atoms with E-state index in [0.717, 1.165) is 36.3 Å². The number of hydrogen-bond acceptors (Lipinski definition) is 4. The average molecular weight is 383 g/mol. The number of nitrogens with zero attached hydrogens (tertiary/aromatic N) is 1. The van der Waals surface area contributed by atoms with E-state index in [1.165, 1.54) is 12.1 Å². The third kappa shape index (κ3) is 5.10. The average Bonchev–Trinajstić information content (AvgIpc) is 3.21. The van der Waals surface area contributed by atoms with Crippen molar-refractivity contribution in [2.45, 2.75) is 31.9 Å². The van der Waals surface area contributed by atoms with Gasteiger partial charge in [-0.1, -0.05) is 30.3 Å². The standard InChI is InChI=1S/C22H25NO5/c1-27-20-7-3-2-5-18(20)14-23(15-19-6-4-12-28-19)21(24)13-16-8-10-17(11-9-16)22(25)26/h2-3,5,7-11,19H,4,6,12-15H2,1H3,(H,25,26). The molecule has 1 aliphatic rings. The molecule has 0 bridgehead atoms. The fraction of sp³-hybridized carbons (Fsp3) is 0.364. The number of carbonyl (C=O) groups excluding carboxylic acids is 1. The van der Waals surface area contributed by atoms with Gasteiger partial charge in [-0.15, -0.1) is 0 Å². The van der Waals surface area contributed by atoms with Crippen LogP contribution in [0.2, 0.25) is 0 Å². The summed E-state index contributed by atoms with van der Waals surface area (Å²) in [5.74, 6) is -0.253. The van der Waals surface area contributed by atoms with Crippen LogP contribution in [0.25, 0.3) is 0 Å². The van der Waals surface area contributed by atoms with Crippen molar-refractivity contribution in [2.75, 3.05) is 20.3 Å². The fourth-order valence-corrected chi connectivity index (χ4v) is 3.38. The molecule has 0 saturated carbocycles. The van der Waals surface area contributed by atoms with E-state index in [0.29, 0.717) is 13.1 Å². The number of benzene rings is 2. The highest BCUT2D eigenvalue weighted by Gasteiger charge is 2.23. The number of para-hydroxylation sites is 1. The van der Waals surface area contributed by atoms with Gasteiger partial charge in [-0.2, -0.15) is 0 Å². The summed E-state index contributed by atoms with van der Waals surface area (Å²) >= 11 is 0. The van der Waals surface area contributed by atoms with E-state index in [4.69, 9.17) is 14.6 Å². The summed E-state index contributed by atoms with van der Waals surface area (Å²) in [7, 11) is 1.62. The van der Waals surface area contributed by atoms with E-state index < -0.39 is 5.97 Å². The van der Waals surface area contributed by atoms with Crippen molar-refractivity contribution in [2.24, 2.45) is 0 Å². The van der Waals surface area contributed by atoms with Gasteiger partial charge in [-0.05, 0) is 36.6 Å². The Labute approximate surface area is 164 Å². The van der Waals surface area contributed by atoms with Crippen molar-refractivity contribution in [1.29, 1.82) is 0 Å². The maximum absolute atomic E-state index is 13.0. The molecule has 6 heteroatoms. The highest BCUT2D eigenvalue weighted by atomic mass is 16.5. The Morgan fingerprint density at radius 2 is 1.93 bits per heavy atom. The van der Waals surface area contributed by atoms with E-state index >= 15 is 0 Å². The largest absolute Gasteiger partial charge is 0.496 e. The predicted molar refractivity (Wildman–Crippen MR) is 104 cm³/mol. The van der Waals surface area contributed by atoms with Crippen LogP contribution < -0.4 is 4.74 Å². The number of methoxy groups -OCH3 is 1. The van der Waals surface area contributed by atoms with Crippen LogP contribution in [0.3, 0.4) is 0 Å². The molecule has 2 aromatic rings. The Bertz CT molecular complexity index is 812. The van der Waals surface area contributed by atoms with Gasteiger partial charge in [-0.25, -0.2) is 4.79 Å². The van der Waals surface area contributed by atoms with Crippen molar-refractivity contribution >= 4 is 11.9 Å². The first-order chi connectivity index (χ1) is 13.6. The van der Waals surface area contributed by atoms with Gasteiger partial charge in [0.1, 0.15) is 5.75 Å². The summed E-state index contributed by atoms with van der Waals surface area (Å²) < 4.78 is 11.2. The first kappa shape index (κ1) is 19.9. The highest BCUT2D eigenvalue weighted by molar-refractivity contribution is 5.87. The van der Waals surface area contributed by atoms with Gasteiger partial charge in [0.25, 0.3) is 0 Å². The molecular formula is C22H25NO5. The Balaban J connectivity index is 1.74. The molecule has 1 saturated heterocycles. The second kappa shape index (κ2) is 9.37. The molecule has 6 nitrogen and oxygen atoms in total. The first-order valence-corrected chi connectivity index (χ1v) is 9.40. The van der Waals surface area contributed by atoms with Gasteiger partial charge in [0, 0.05) is 25.3 Å². The SMILES string of the molecule is COc1ccccc1CN(CC1CCCO1)C(=O)Cc1ccc(C(=O)O)cc1. The molecule has 1 N–H and O–H groups in total. The maximum atomic E-state index is 13.0. The molecule has 2 aromatic carbocycles. The molecule has 1 aliphatic heterocycles. The molecular weight excluding hydrogens is 358 g/mol. The number of rotatable bonds is 8. The monoisotopic (exact) mass is 383 g/mol. The minimum atomic E-state index is -0.978. The molecule has 0 spiro atoms. The lowest BCUT2D eigenvalue weighted by Crippen LogP contribution is -2.38. The van der Waals surface area contributed by atoms with Crippen molar-refractivity contribution < 1.29 is 24.2 Å². The zero-order chi connectivity index (χ0) is 19.9. The van der Waals surface area contributed by atoms with E-state index in [1.54, 1.807) is 24.1 Å². The number of carbonyl (C=O) groups is 2. The van der Waals surface area contributed by atoms with Crippen LogP contribution in [-0.2, 0) is 22.5 Å². The van der Waals surface area contributed by atoms with Gasteiger partial charge in [0.05, 0.1) is 25.2 Å². The second-order valence-electron chi connectivity index (χ2n) is 6.90. The van der Waals surface area contributed by atoms with Crippen LogP contribution >= 0.6 is 0 Å². The van der Waals surface area contributed by atoms with Crippen LogP contribution in [-0.4, -0.2) is 48.2 Å². The minimum absolute atomic E-state index is 0.0236. The van der Waals surface area contributed by atoms with E-state index in [1.807, 2.05) is 24.3 Å². The summed E-state index contributed by atoms with van der Waals surface area (Å²) in [4.78, 5) is 25.8. The summed E-state index contributed by atoms with van der Waals surface area (Å²) in [5.41, 5.74) is 1.94. The molecule has 148 valence electrons. The van der Waals surface area contributed by atoms with Gasteiger partial charge in [-0.3, -0.25) is 4.79 Å². The molecule has 1 atom stereocenters. The summed E-state index contributed by atoms with van der Waals surface area (Å²) in [6, 6.07) is 14.1. The number of aromatic carboxylic acids is 1. The first-order valence-electron chi connectivity index (χ1n) is 9.40. The zero-order valence-corrected chi connectivity index (χ0v) is 16.0. The van der Waals surface area contributed by atoms with Crippen molar-refractivity contribution in [3.05, 3.63) is 65.2 Å². The maximum Gasteiger partial charge on any atom is 0.335 e. The summed E-state index contributed by atoms with van der Waals surface area (Å²) in [6.45, 7) is 1.71. The Kier molecular flexibility index (Phi) is 6.66. The lowest BCUT2D eigenvalue weighted by Gasteiger charge is -2.26. The van der Waals surface area contributed by atoms with Crippen molar-refractivity contribution in [1.82, 2.24) is 4.90 Å². The number of carboxylic acid groups (broad SMARTS) is 1. The number of hydrogen-bond donors (Lipinski definition) is 1. The van der Waals surface area contributed by atoms with Crippen LogP contribution in [0.5, 0.6) is 5.75 Å². The smallest absolute Gasteiger partial charge is 0.335 e. The molecule has 1 amide bonds. The van der Waals surface area contributed by atoms with Gasteiger partial charge in [0.2, 0.25) is 5.91 Å². The molecule has 1 heterocycles. The third-order valence-electron chi connectivity index (χ3n) is 4.91.